The van der Waals surface area contributed by atoms with Crippen molar-refractivity contribution in [1.29, 1.82) is 0 Å². The van der Waals surface area contributed by atoms with E-state index in [1.54, 1.807) is 12.1 Å². The number of ether oxygens (including phenoxy) is 1. The Balaban J connectivity index is 1.72. The van der Waals surface area contributed by atoms with Gasteiger partial charge in [0.05, 0.1) is 11.9 Å². The quantitative estimate of drug-likeness (QED) is 0.821. The molecule has 1 amide bonds. The molecule has 2 rings (SSSR count). The topological polar surface area (TPSA) is 74.7 Å². The molecule has 0 aromatic carbocycles. The number of amides is 1. The smallest absolute Gasteiger partial charge is 0.248 e. The molecule has 1 fully saturated rings. The number of aromatic nitrogens is 1. The zero-order valence-electron chi connectivity index (χ0n) is 11.7. The molecule has 1 aromatic heterocycles. The van der Waals surface area contributed by atoms with Crippen LogP contribution in [0.2, 0.25) is 0 Å². The highest BCUT2D eigenvalue weighted by Gasteiger charge is 2.22. The van der Waals surface area contributed by atoms with Gasteiger partial charge in [-0.1, -0.05) is 0 Å². The van der Waals surface area contributed by atoms with Crippen LogP contribution >= 0.6 is 0 Å². The summed E-state index contributed by atoms with van der Waals surface area (Å²) in [5, 5.41) is 12.6. The predicted molar refractivity (Wildman–Crippen MR) is 74.2 cm³/mol. The summed E-state index contributed by atoms with van der Waals surface area (Å²) in [4.78, 5) is 17.6. The van der Waals surface area contributed by atoms with Crippen molar-refractivity contribution in [3.63, 3.8) is 0 Å². The Morgan fingerprint density at radius 2 is 2.25 bits per heavy atom. The molecule has 110 valence electrons. The largest absolute Gasteiger partial charge is 0.506 e. The highest BCUT2D eigenvalue weighted by Crippen LogP contribution is 2.12. The normalized spacial score (nSPS) is 16.4. The third-order valence-corrected chi connectivity index (χ3v) is 3.50. The second-order valence-electron chi connectivity index (χ2n) is 4.98. The second kappa shape index (κ2) is 7.21. The van der Waals surface area contributed by atoms with Crippen molar-refractivity contribution in [2.45, 2.75) is 25.4 Å². The van der Waals surface area contributed by atoms with Gasteiger partial charge >= 0.3 is 0 Å². The summed E-state index contributed by atoms with van der Waals surface area (Å²) < 4.78 is 4.86. The third-order valence-electron chi connectivity index (χ3n) is 3.50. The number of hydrogen-bond donors (Lipinski definition) is 2. The van der Waals surface area contributed by atoms with Gasteiger partial charge in [-0.2, -0.15) is 0 Å². The molecule has 2 heterocycles. The van der Waals surface area contributed by atoms with Crippen molar-refractivity contribution in [2.75, 3.05) is 26.8 Å². The first-order chi connectivity index (χ1) is 9.69. The summed E-state index contributed by atoms with van der Waals surface area (Å²) in [6.07, 6.45) is 3.32. The van der Waals surface area contributed by atoms with Gasteiger partial charge in [-0.3, -0.25) is 9.78 Å². The monoisotopic (exact) mass is 279 g/mol. The summed E-state index contributed by atoms with van der Waals surface area (Å²) >= 11 is 0. The first-order valence-electron chi connectivity index (χ1n) is 6.83. The summed E-state index contributed by atoms with van der Waals surface area (Å²) in [6.45, 7) is 2.37. The standard InChI is InChI=1S/C14H21N3O3/c1-20-10-14(19)17-6-4-11(5-7-17)15-8-12-2-3-13(18)9-16-12/h2-3,9,11,15,18H,4-8,10H2,1H3. The molecule has 1 aromatic rings. The predicted octanol–water partition coefficient (Wildman–Crippen LogP) is 0.514. The number of carbonyl (C=O) groups is 1. The van der Waals surface area contributed by atoms with E-state index >= 15 is 0 Å². The number of hydrogen-bond acceptors (Lipinski definition) is 5. The van der Waals surface area contributed by atoms with Gasteiger partial charge < -0.3 is 20.1 Å². The van der Waals surface area contributed by atoms with Crippen LogP contribution in [0.1, 0.15) is 18.5 Å². The second-order valence-corrected chi connectivity index (χ2v) is 4.98. The van der Waals surface area contributed by atoms with Crippen LogP contribution in [-0.4, -0.2) is 53.7 Å². The number of nitrogens with one attached hydrogen (secondary N) is 1. The molecule has 1 aliphatic heterocycles. The van der Waals surface area contributed by atoms with E-state index in [-0.39, 0.29) is 18.3 Å². The molecule has 6 heteroatoms. The van der Waals surface area contributed by atoms with Crippen LogP contribution in [0.15, 0.2) is 18.3 Å². The minimum atomic E-state index is 0.0613. The van der Waals surface area contributed by atoms with E-state index in [1.165, 1.54) is 13.3 Å². The molecular formula is C14H21N3O3. The van der Waals surface area contributed by atoms with Crippen LogP contribution in [0, 0.1) is 0 Å². The Hall–Kier alpha value is -1.66. The molecule has 0 unspecified atom stereocenters. The van der Waals surface area contributed by atoms with Crippen LogP contribution in [0.5, 0.6) is 5.75 Å². The van der Waals surface area contributed by atoms with E-state index in [2.05, 4.69) is 10.3 Å². The highest BCUT2D eigenvalue weighted by molar-refractivity contribution is 5.77. The minimum absolute atomic E-state index is 0.0613. The van der Waals surface area contributed by atoms with Crippen LogP contribution in [0.3, 0.4) is 0 Å². The van der Waals surface area contributed by atoms with Gasteiger partial charge in [0.25, 0.3) is 0 Å². The molecule has 20 heavy (non-hydrogen) atoms. The molecule has 0 aliphatic carbocycles. The lowest BCUT2D eigenvalue weighted by Crippen LogP contribution is -2.45. The van der Waals surface area contributed by atoms with Gasteiger partial charge in [-0.15, -0.1) is 0 Å². The fraction of sp³-hybridized carbons (Fsp3) is 0.571. The zero-order valence-corrected chi connectivity index (χ0v) is 11.7. The molecule has 0 radical (unpaired) electrons. The molecular weight excluding hydrogens is 258 g/mol. The Kier molecular flexibility index (Phi) is 5.31. The number of nitrogens with zero attached hydrogens (tertiary/aromatic N) is 2. The van der Waals surface area contributed by atoms with E-state index in [0.717, 1.165) is 31.6 Å². The lowest BCUT2D eigenvalue weighted by molar-refractivity contribution is -0.136. The van der Waals surface area contributed by atoms with Gasteiger partial charge in [-0.25, -0.2) is 0 Å². The van der Waals surface area contributed by atoms with Gasteiger partial charge in [-0.05, 0) is 25.0 Å². The molecule has 1 aliphatic rings. The van der Waals surface area contributed by atoms with Gasteiger partial charge in [0.1, 0.15) is 12.4 Å². The van der Waals surface area contributed by atoms with Crippen molar-refractivity contribution in [3.8, 4) is 5.75 Å². The maximum atomic E-state index is 11.7. The first-order valence-corrected chi connectivity index (χ1v) is 6.83. The number of aromatic hydroxyl groups is 1. The average Bonchev–Trinajstić information content (AvgIpc) is 2.47. The summed E-state index contributed by atoms with van der Waals surface area (Å²) in [5.41, 5.74) is 0.903. The number of rotatable bonds is 5. The molecule has 2 N–H and O–H groups in total. The summed E-state index contributed by atoms with van der Waals surface area (Å²) in [6, 6.07) is 3.84. The van der Waals surface area contributed by atoms with Crippen molar-refractivity contribution in [1.82, 2.24) is 15.2 Å². The van der Waals surface area contributed by atoms with E-state index in [1.807, 2.05) is 4.90 Å². The Bertz CT molecular complexity index is 428. The van der Waals surface area contributed by atoms with Crippen molar-refractivity contribution >= 4 is 5.91 Å². The van der Waals surface area contributed by atoms with Crippen molar-refractivity contribution in [2.24, 2.45) is 0 Å². The Morgan fingerprint density at radius 1 is 1.50 bits per heavy atom. The van der Waals surface area contributed by atoms with E-state index < -0.39 is 0 Å². The average molecular weight is 279 g/mol. The number of carbonyl (C=O) groups excluding carboxylic acids is 1. The van der Waals surface area contributed by atoms with Gasteiger partial charge in [0.15, 0.2) is 0 Å². The maximum absolute atomic E-state index is 11.7. The maximum Gasteiger partial charge on any atom is 0.248 e. The first kappa shape index (κ1) is 14.7. The number of methoxy groups -OCH3 is 1. The van der Waals surface area contributed by atoms with Crippen molar-refractivity contribution in [3.05, 3.63) is 24.0 Å². The number of likely N-dealkylation sites (tertiary alicyclic amines) is 1. The van der Waals surface area contributed by atoms with Crippen LogP contribution in [-0.2, 0) is 16.1 Å². The molecule has 0 bridgehead atoms. The molecule has 6 nitrogen and oxygen atoms in total. The highest BCUT2D eigenvalue weighted by atomic mass is 16.5. The third kappa shape index (κ3) is 4.18. The number of pyridine rings is 1. The minimum Gasteiger partial charge on any atom is -0.506 e. The fourth-order valence-corrected chi connectivity index (χ4v) is 2.32. The number of piperidine rings is 1. The lowest BCUT2D eigenvalue weighted by Gasteiger charge is -2.32. The Labute approximate surface area is 118 Å². The lowest BCUT2D eigenvalue weighted by atomic mass is 10.0. The fourth-order valence-electron chi connectivity index (χ4n) is 2.32. The summed E-state index contributed by atoms with van der Waals surface area (Å²) in [5.74, 6) is 0.241. The van der Waals surface area contributed by atoms with Crippen LogP contribution < -0.4 is 5.32 Å². The summed E-state index contributed by atoms with van der Waals surface area (Å²) in [7, 11) is 1.54. The van der Waals surface area contributed by atoms with Crippen LogP contribution in [0.4, 0.5) is 0 Å². The van der Waals surface area contributed by atoms with Gasteiger partial charge in [0.2, 0.25) is 5.91 Å². The van der Waals surface area contributed by atoms with Crippen molar-refractivity contribution < 1.29 is 14.6 Å². The molecule has 0 saturated carbocycles. The SMILES string of the molecule is COCC(=O)N1CCC(NCc2ccc(O)cn2)CC1. The Morgan fingerprint density at radius 3 is 2.85 bits per heavy atom. The van der Waals surface area contributed by atoms with Crippen LogP contribution in [0.25, 0.3) is 0 Å². The molecule has 0 spiro atoms. The zero-order chi connectivity index (χ0) is 14.4. The molecule has 0 atom stereocenters. The molecule has 1 saturated heterocycles. The van der Waals surface area contributed by atoms with E-state index in [4.69, 9.17) is 9.84 Å². The van der Waals surface area contributed by atoms with Gasteiger partial charge in [0, 0.05) is 32.8 Å². The van der Waals surface area contributed by atoms with E-state index in [9.17, 15) is 4.79 Å². The van der Waals surface area contributed by atoms with E-state index in [0.29, 0.717) is 12.6 Å².